The Morgan fingerprint density at radius 2 is 2.17 bits per heavy atom. The number of carbonyl (C=O) groups is 1. The number of nitrogens with one attached hydrogen (secondary N) is 1. The number of ether oxygens (including phenoxy) is 1. The average molecular weight is 318 g/mol. The summed E-state index contributed by atoms with van der Waals surface area (Å²) in [4.78, 5) is 21.1. The highest BCUT2D eigenvalue weighted by Crippen LogP contribution is 2.14. The highest BCUT2D eigenvalue weighted by atomic mass is 16.5. The van der Waals surface area contributed by atoms with Crippen LogP contribution < -0.4 is 5.32 Å². The fourth-order valence-corrected chi connectivity index (χ4v) is 3.09. The first-order chi connectivity index (χ1) is 11.3. The van der Waals surface area contributed by atoms with Gasteiger partial charge in [0.05, 0.1) is 18.0 Å². The Labute approximate surface area is 137 Å². The molecule has 0 bridgehead atoms. The number of aromatic nitrogens is 1. The van der Waals surface area contributed by atoms with Crippen LogP contribution in [0.1, 0.15) is 30.3 Å². The molecule has 3 heterocycles. The van der Waals surface area contributed by atoms with Gasteiger partial charge in [-0.15, -0.1) is 0 Å². The number of rotatable bonds is 5. The van der Waals surface area contributed by atoms with Crippen molar-refractivity contribution < 1.29 is 9.53 Å². The maximum atomic E-state index is 12.5. The molecule has 2 fully saturated rings. The normalized spacial score (nSPS) is 22.3. The molecule has 6 heteroatoms. The van der Waals surface area contributed by atoms with Crippen molar-refractivity contribution in [2.24, 2.45) is 0 Å². The summed E-state index contributed by atoms with van der Waals surface area (Å²) in [6.45, 7) is 8.33. The van der Waals surface area contributed by atoms with Crippen LogP contribution >= 0.6 is 0 Å². The van der Waals surface area contributed by atoms with E-state index in [0.29, 0.717) is 11.8 Å². The molecule has 1 atom stereocenters. The number of amides is 1. The summed E-state index contributed by atoms with van der Waals surface area (Å²) in [5.74, 6) is 0.0337. The summed E-state index contributed by atoms with van der Waals surface area (Å²) >= 11 is 0. The van der Waals surface area contributed by atoms with Gasteiger partial charge in [0.15, 0.2) is 0 Å². The van der Waals surface area contributed by atoms with Crippen LogP contribution in [0.2, 0.25) is 0 Å². The molecule has 1 aromatic heterocycles. The van der Waals surface area contributed by atoms with Gasteiger partial charge in [-0.1, -0.05) is 6.92 Å². The van der Waals surface area contributed by atoms with E-state index in [2.05, 4.69) is 22.1 Å². The quantitative estimate of drug-likeness (QED) is 0.890. The molecule has 2 saturated heterocycles. The zero-order chi connectivity index (χ0) is 16.1. The molecule has 0 saturated carbocycles. The maximum Gasteiger partial charge on any atom is 0.272 e. The molecule has 1 aromatic rings. The van der Waals surface area contributed by atoms with Crippen molar-refractivity contribution in [3.8, 4) is 0 Å². The van der Waals surface area contributed by atoms with Gasteiger partial charge >= 0.3 is 0 Å². The van der Waals surface area contributed by atoms with Gasteiger partial charge in [0.1, 0.15) is 5.69 Å². The Kier molecular flexibility index (Phi) is 5.46. The smallest absolute Gasteiger partial charge is 0.272 e. The van der Waals surface area contributed by atoms with E-state index in [1.54, 1.807) is 6.20 Å². The van der Waals surface area contributed by atoms with Crippen LogP contribution in [0.4, 0.5) is 5.69 Å². The molecule has 6 nitrogen and oxygen atoms in total. The van der Waals surface area contributed by atoms with Gasteiger partial charge < -0.3 is 19.9 Å². The molecule has 0 aromatic carbocycles. The van der Waals surface area contributed by atoms with Gasteiger partial charge in [0.25, 0.3) is 5.91 Å². The minimum Gasteiger partial charge on any atom is -0.381 e. The average Bonchev–Trinajstić information content (AvgIpc) is 3.13. The van der Waals surface area contributed by atoms with Crippen LogP contribution in [0.25, 0.3) is 0 Å². The number of anilines is 1. The summed E-state index contributed by atoms with van der Waals surface area (Å²) in [6, 6.07) is 3.74. The van der Waals surface area contributed by atoms with Crippen molar-refractivity contribution in [2.75, 3.05) is 51.2 Å². The molecule has 1 unspecified atom stereocenters. The lowest BCUT2D eigenvalue weighted by atomic mass is 10.2. The fraction of sp³-hybridized carbons (Fsp3) is 0.647. The lowest BCUT2D eigenvalue weighted by Gasteiger charge is -2.33. The zero-order valence-electron chi connectivity index (χ0n) is 13.8. The van der Waals surface area contributed by atoms with Crippen LogP contribution in [0.3, 0.4) is 0 Å². The lowest BCUT2D eigenvalue weighted by molar-refractivity contribution is 0.0637. The van der Waals surface area contributed by atoms with Crippen molar-refractivity contribution in [1.82, 2.24) is 14.8 Å². The van der Waals surface area contributed by atoms with Crippen LogP contribution in [0.15, 0.2) is 18.3 Å². The molecule has 23 heavy (non-hydrogen) atoms. The third kappa shape index (κ3) is 4.20. The van der Waals surface area contributed by atoms with Gasteiger partial charge in [-0.05, 0) is 31.5 Å². The number of hydrogen-bond acceptors (Lipinski definition) is 5. The summed E-state index contributed by atoms with van der Waals surface area (Å²) in [6.07, 6.45) is 4.29. The van der Waals surface area contributed by atoms with Crippen molar-refractivity contribution in [2.45, 2.75) is 25.9 Å². The second-order valence-corrected chi connectivity index (χ2v) is 6.17. The maximum absolute atomic E-state index is 12.5. The second-order valence-electron chi connectivity index (χ2n) is 6.17. The van der Waals surface area contributed by atoms with E-state index < -0.39 is 0 Å². The molecule has 3 rings (SSSR count). The minimum absolute atomic E-state index is 0.0337. The first kappa shape index (κ1) is 16.2. The van der Waals surface area contributed by atoms with Gasteiger partial charge in [0.2, 0.25) is 0 Å². The Morgan fingerprint density at radius 1 is 1.35 bits per heavy atom. The highest BCUT2D eigenvalue weighted by Gasteiger charge is 2.22. The summed E-state index contributed by atoms with van der Waals surface area (Å²) in [5, 5.41) is 3.33. The van der Waals surface area contributed by atoms with Crippen molar-refractivity contribution >= 4 is 11.6 Å². The monoisotopic (exact) mass is 318 g/mol. The van der Waals surface area contributed by atoms with Crippen LogP contribution in [0, 0.1) is 0 Å². The van der Waals surface area contributed by atoms with Crippen LogP contribution in [-0.2, 0) is 4.74 Å². The molecule has 0 spiro atoms. The SMILES string of the molecule is CCN1CCN(C(=O)c2ccc(NCC3CCCO3)cn2)CC1. The molecule has 2 aliphatic heterocycles. The Morgan fingerprint density at radius 3 is 2.78 bits per heavy atom. The Bertz CT molecular complexity index is 506. The molecule has 1 N–H and O–H groups in total. The number of piperazine rings is 1. The minimum atomic E-state index is 0.0337. The standard InChI is InChI=1S/C17H26N4O2/c1-2-20-7-9-21(10-8-20)17(22)16-6-5-14(12-19-16)18-13-15-4-3-11-23-15/h5-6,12,15,18H,2-4,7-11,13H2,1H3. The largest absolute Gasteiger partial charge is 0.381 e. The van der Waals surface area contributed by atoms with Crippen molar-refractivity contribution in [3.63, 3.8) is 0 Å². The Balaban J connectivity index is 1.51. The first-order valence-electron chi connectivity index (χ1n) is 8.59. The first-order valence-corrected chi connectivity index (χ1v) is 8.59. The van der Waals surface area contributed by atoms with E-state index in [0.717, 1.165) is 64.4 Å². The second kappa shape index (κ2) is 7.75. The summed E-state index contributed by atoms with van der Waals surface area (Å²) in [5.41, 5.74) is 1.46. The van der Waals surface area contributed by atoms with E-state index in [4.69, 9.17) is 4.74 Å². The van der Waals surface area contributed by atoms with E-state index >= 15 is 0 Å². The summed E-state index contributed by atoms with van der Waals surface area (Å²) < 4.78 is 5.59. The molecule has 0 radical (unpaired) electrons. The van der Waals surface area contributed by atoms with E-state index in [1.165, 1.54) is 0 Å². The molecular weight excluding hydrogens is 292 g/mol. The lowest BCUT2D eigenvalue weighted by Crippen LogP contribution is -2.48. The predicted octanol–water partition coefficient (Wildman–Crippen LogP) is 1.45. The molecular formula is C17H26N4O2. The number of nitrogens with zero attached hydrogens (tertiary/aromatic N) is 3. The Hall–Kier alpha value is -1.66. The number of hydrogen-bond donors (Lipinski definition) is 1. The fourth-order valence-electron chi connectivity index (χ4n) is 3.09. The van der Waals surface area contributed by atoms with E-state index in [-0.39, 0.29) is 5.91 Å². The predicted molar refractivity (Wildman–Crippen MR) is 89.7 cm³/mol. The topological polar surface area (TPSA) is 57.7 Å². The highest BCUT2D eigenvalue weighted by molar-refractivity contribution is 5.92. The van der Waals surface area contributed by atoms with Crippen molar-refractivity contribution in [3.05, 3.63) is 24.0 Å². The number of carbonyl (C=O) groups excluding carboxylic acids is 1. The summed E-state index contributed by atoms with van der Waals surface area (Å²) in [7, 11) is 0. The molecule has 1 amide bonds. The third-order valence-electron chi connectivity index (χ3n) is 4.65. The van der Waals surface area contributed by atoms with E-state index in [9.17, 15) is 4.79 Å². The zero-order valence-corrected chi connectivity index (χ0v) is 13.8. The third-order valence-corrected chi connectivity index (χ3v) is 4.65. The van der Waals surface area contributed by atoms with E-state index in [1.807, 2.05) is 17.0 Å². The van der Waals surface area contributed by atoms with Gasteiger partial charge in [-0.3, -0.25) is 4.79 Å². The molecule has 0 aliphatic carbocycles. The molecule has 126 valence electrons. The van der Waals surface area contributed by atoms with Gasteiger partial charge in [-0.2, -0.15) is 0 Å². The van der Waals surface area contributed by atoms with Crippen molar-refractivity contribution in [1.29, 1.82) is 0 Å². The van der Waals surface area contributed by atoms with Gasteiger partial charge in [0, 0.05) is 39.3 Å². The van der Waals surface area contributed by atoms with Gasteiger partial charge in [-0.25, -0.2) is 4.98 Å². The number of likely N-dealkylation sites (N-methyl/N-ethyl adjacent to an activating group) is 1. The van der Waals surface area contributed by atoms with Crippen LogP contribution in [-0.4, -0.2) is 72.7 Å². The number of pyridine rings is 1. The van der Waals surface area contributed by atoms with Crippen LogP contribution in [0.5, 0.6) is 0 Å². The molecule has 2 aliphatic rings.